The summed E-state index contributed by atoms with van der Waals surface area (Å²) in [5.74, 6) is -6.05. The SMILES string of the molecule is CCNC(=O)C(COCCC(=O)O)(C(=O)NCC)c1ccccc1.CCNC(=O)C(COCCC(=O)Oc1ccc(NC(=O)c2ccccc2-c2ccc(C(F)(F)F)cc2)c(C(=O)N(C)C)c1)(C(=O)NCC)c1ccccc1.CN(C)C(=O)c1cc(O)ccc1NC(=O)c1ccccc1-c1ccc(C(F)(F)F)cc1. The summed E-state index contributed by atoms with van der Waals surface area (Å²) in [6, 6.07) is 46.9. The number of carboxylic acids is 1. The van der Waals surface area contributed by atoms with Gasteiger partial charge in [0.25, 0.3) is 23.6 Å². The van der Waals surface area contributed by atoms with Crippen molar-refractivity contribution in [3.8, 4) is 33.8 Å². The first-order chi connectivity index (χ1) is 51.8. The van der Waals surface area contributed by atoms with E-state index in [1.54, 1.807) is 125 Å². The molecule has 0 bridgehead atoms. The highest BCUT2D eigenvalue weighted by atomic mass is 19.4. The minimum atomic E-state index is -4.52. The zero-order valence-electron chi connectivity index (χ0n) is 60.9. The molecule has 0 aliphatic carbocycles. The molecule has 0 atom stereocenters. The second-order valence-electron chi connectivity index (χ2n) is 24.4. The number of esters is 1. The number of phenolic OH excluding ortho intramolecular Hbond substituents is 1. The second-order valence-corrected chi connectivity index (χ2v) is 24.4. The van der Waals surface area contributed by atoms with Gasteiger partial charge >= 0.3 is 24.3 Å². The van der Waals surface area contributed by atoms with Crippen molar-refractivity contribution >= 4 is 70.6 Å². The number of anilines is 2. The third-order valence-electron chi connectivity index (χ3n) is 16.4. The molecular weight excluding hydrogens is 1430 g/mol. The largest absolute Gasteiger partial charge is 0.508 e. The molecule has 0 aromatic heterocycles. The summed E-state index contributed by atoms with van der Waals surface area (Å²) in [5, 5.41) is 34.6. The number of benzene rings is 8. The number of amides is 8. The zero-order chi connectivity index (χ0) is 80.2. The molecule has 8 aromatic rings. The average Bonchev–Trinajstić information content (AvgIpc) is 0.786. The van der Waals surface area contributed by atoms with Crippen molar-refractivity contribution in [1.29, 1.82) is 0 Å². The smallest absolute Gasteiger partial charge is 0.416 e. The monoisotopic (exact) mass is 1510 g/mol. The fourth-order valence-corrected chi connectivity index (χ4v) is 10.9. The molecule has 0 fully saturated rings. The summed E-state index contributed by atoms with van der Waals surface area (Å²) < 4.78 is 94.6. The molecule has 29 heteroatoms. The lowest BCUT2D eigenvalue weighted by Crippen LogP contribution is -2.57. The zero-order valence-corrected chi connectivity index (χ0v) is 60.9. The van der Waals surface area contributed by atoms with Gasteiger partial charge in [0, 0.05) is 65.5 Å². The minimum absolute atomic E-state index is 0.00145. The fourth-order valence-electron chi connectivity index (χ4n) is 10.9. The lowest BCUT2D eigenvalue weighted by molar-refractivity contribution is -0.144. The molecule has 0 saturated carbocycles. The maximum absolute atomic E-state index is 13.5. The van der Waals surface area contributed by atoms with Crippen molar-refractivity contribution < 1.29 is 98.7 Å². The van der Waals surface area contributed by atoms with E-state index in [0.717, 1.165) is 24.3 Å². The molecule has 8 aromatic carbocycles. The van der Waals surface area contributed by atoms with Gasteiger partial charge in [-0.1, -0.05) is 121 Å². The van der Waals surface area contributed by atoms with E-state index in [2.05, 4.69) is 31.9 Å². The van der Waals surface area contributed by atoms with Gasteiger partial charge in [-0.25, -0.2) is 0 Å². The second kappa shape index (κ2) is 39.9. The van der Waals surface area contributed by atoms with Crippen molar-refractivity contribution in [2.75, 3.05) is 91.4 Å². The molecular formula is C80H84F6N8O15. The summed E-state index contributed by atoms with van der Waals surface area (Å²) in [4.78, 5) is 130. The summed E-state index contributed by atoms with van der Waals surface area (Å²) in [7, 11) is 6.08. The van der Waals surface area contributed by atoms with Crippen LogP contribution in [0.15, 0.2) is 194 Å². The van der Waals surface area contributed by atoms with E-state index in [0.29, 0.717) is 46.5 Å². The number of carboxylic acid groups (broad SMARTS) is 1. The normalized spacial score (nSPS) is 11.2. The Kier molecular flexibility index (Phi) is 31.4. The van der Waals surface area contributed by atoms with Gasteiger partial charge in [-0.05, 0) is 134 Å². The molecule has 109 heavy (non-hydrogen) atoms. The summed E-state index contributed by atoms with van der Waals surface area (Å²) >= 11 is 0. The molecule has 0 saturated heterocycles. The summed E-state index contributed by atoms with van der Waals surface area (Å²) in [5.41, 5.74) is -1.60. The van der Waals surface area contributed by atoms with Gasteiger partial charge in [-0.15, -0.1) is 0 Å². The number of nitrogens with zero attached hydrogens (tertiary/aromatic N) is 2. The summed E-state index contributed by atoms with van der Waals surface area (Å²) in [6.45, 7) is 7.37. The van der Waals surface area contributed by atoms with E-state index in [-0.39, 0.29) is 97.5 Å². The maximum Gasteiger partial charge on any atom is 0.416 e. The number of alkyl halides is 6. The molecule has 0 aliphatic heterocycles. The van der Waals surface area contributed by atoms with Crippen molar-refractivity contribution in [1.82, 2.24) is 31.1 Å². The number of halogens is 6. The van der Waals surface area contributed by atoms with Crippen LogP contribution in [0.1, 0.15) is 104 Å². The minimum Gasteiger partial charge on any atom is -0.508 e. The number of carbonyl (C=O) groups is 10. The highest BCUT2D eigenvalue weighted by Gasteiger charge is 2.49. The molecule has 0 unspecified atom stereocenters. The average molecular weight is 1510 g/mol. The molecule has 0 radical (unpaired) electrons. The number of rotatable bonds is 29. The Balaban J connectivity index is 0.000000284. The van der Waals surface area contributed by atoms with Gasteiger partial charge in [0.15, 0.2) is 10.8 Å². The van der Waals surface area contributed by atoms with Gasteiger partial charge in [0.05, 0.1) is 72.9 Å². The van der Waals surface area contributed by atoms with E-state index in [9.17, 15) is 79.4 Å². The first-order valence-electron chi connectivity index (χ1n) is 34.2. The van der Waals surface area contributed by atoms with E-state index < -0.39 is 93.5 Å². The van der Waals surface area contributed by atoms with Crippen LogP contribution in [-0.4, -0.2) is 160 Å². The first-order valence-corrected chi connectivity index (χ1v) is 34.2. The summed E-state index contributed by atoms with van der Waals surface area (Å²) in [6.07, 6.45) is -9.44. The highest BCUT2D eigenvalue weighted by molar-refractivity contribution is 6.14. The number of likely N-dealkylation sites (N-methyl/N-ethyl adjacent to an activating group) is 4. The highest BCUT2D eigenvalue weighted by Crippen LogP contribution is 2.36. The van der Waals surface area contributed by atoms with Gasteiger partial charge in [-0.3, -0.25) is 47.9 Å². The predicted molar refractivity (Wildman–Crippen MR) is 395 cm³/mol. The van der Waals surface area contributed by atoms with Crippen molar-refractivity contribution in [2.24, 2.45) is 0 Å². The topological polar surface area (TPSA) is 318 Å². The predicted octanol–water partition coefficient (Wildman–Crippen LogP) is 11.6. The van der Waals surface area contributed by atoms with Gasteiger partial charge < -0.3 is 66.1 Å². The number of aliphatic carboxylic acids is 1. The molecule has 0 aliphatic rings. The lowest BCUT2D eigenvalue weighted by Gasteiger charge is -2.31. The quantitative estimate of drug-likeness (QED) is 0.00540. The van der Waals surface area contributed by atoms with E-state index in [4.69, 9.17) is 19.3 Å². The van der Waals surface area contributed by atoms with Crippen molar-refractivity contribution in [3.63, 3.8) is 0 Å². The number of hydrogen-bond donors (Lipinski definition) is 8. The van der Waals surface area contributed by atoms with Crippen molar-refractivity contribution in [2.45, 2.75) is 63.7 Å². The van der Waals surface area contributed by atoms with Crippen LogP contribution in [-0.2, 0) is 61.4 Å². The molecule has 576 valence electrons. The Morgan fingerprint density at radius 1 is 0.404 bits per heavy atom. The number of aromatic hydroxyl groups is 1. The fraction of sp³-hybridized carbons (Fsp3) is 0.275. The van der Waals surface area contributed by atoms with Crippen LogP contribution in [0.4, 0.5) is 37.7 Å². The van der Waals surface area contributed by atoms with Crippen molar-refractivity contribution in [3.05, 3.63) is 239 Å². The van der Waals surface area contributed by atoms with Gasteiger partial charge in [0.1, 0.15) is 11.5 Å². The first kappa shape index (κ1) is 85.7. The molecule has 0 heterocycles. The standard InChI is InChI=1S/C40H41F3N4O7.C23H19F3N2O3.C17H24N2O5/c1-5-44-37(51)39(38(52)45-6-2,27-12-8-7-9-13-27)25-53-23-22-34(48)54-29-20-21-33(32(24-29)36(50)47(3)4)46-35(49)31-15-11-10-14-30(31)26-16-18-28(19-17-26)40(41,42)43;1-28(2)22(31)19-13-16(29)11-12-20(19)27-21(30)18-6-4-3-5-17(18)14-7-9-15(10-8-14)23(24,25)26;1-3-18-15(22)17(16(23)19-4-2,12-24-11-10-14(20)21)13-8-6-5-7-9-13/h7-21,24H,5-6,22-23,25H2,1-4H3,(H,44,51)(H,45,52)(H,46,49);3-13,29H,1-2H3,(H,27,30);5-9H,3-4,10-12H2,1-2H3,(H,18,22)(H,19,23)(H,20,21). The van der Waals surface area contributed by atoms with Crippen LogP contribution >= 0.6 is 0 Å². The Morgan fingerprint density at radius 3 is 1.11 bits per heavy atom. The molecule has 23 nitrogen and oxygen atoms in total. The van der Waals surface area contributed by atoms with E-state index in [1.165, 1.54) is 111 Å². The van der Waals surface area contributed by atoms with Gasteiger partial charge in [0.2, 0.25) is 23.6 Å². The Labute approximate surface area is 625 Å². The Hall–Kier alpha value is -12.2. The van der Waals surface area contributed by atoms with Gasteiger partial charge in [-0.2, -0.15) is 26.3 Å². The molecule has 0 spiro atoms. The Bertz CT molecular complexity index is 4450. The van der Waals surface area contributed by atoms with Crippen LogP contribution in [0.2, 0.25) is 0 Å². The number of nitrogens with one attached hydrogen (secondary N) is 6. The van der Waals surface area contributed by atoms with Crippen LogP contribution in [0, 0.1) is 0 Å². The van der Waals surface area contributed by atoms with Crippen LogP contribution < -0.4 is 36.6 Å². The third kappa shape index (κ3) is 22.9. The van der Waals surface area contributed by atoms with Crippen LogP contribution in [0.5, 0.6) is 11.5 Å². The molecule has 8 N–H and O–H groups in total. The maximum atomic E-state index is 13.5. The van der Waals surface area contributed by atoms with Crippen LogP contribution in [0.3, 0.4) is 0 Å². The molecule has 8 amide bonds. The lowest BCUT2D eigenvalue weighted by atomic mass is 9.79. The number of hydrogen-bond acceptors (Lipinski definition) is 14. The third-order valence-corrected chi connectivity index (χ3v) is 16.4. The van der Waals surface area contributed by atoms with E-state index in [1.807, 2.05) is 0 Å². The number of carbonyl (C=O) groups excluding carboxylic acids is 9. The van der Waals surface area contributed by atoms with Crippen LogP contribution in [0.25, 0.3) is 22.3 Å². The number of ether oxygens (including phenoxy) is 3. The van der Waals surface area contributed by atoms with E-state index >= 15 is 0 Å². The Morgan fingerprint density at radius 2 is 0.752 bits per heavy atom. The number of phenols is 1. The molecule has 8 rings (SSSR count).